The molecule has 0 radical (unpaired) electrons. The Kier molecular flexibility index (Phi) is 4.22. The Hall–Kier alpha value is -1.95. The van der Waals surface area contributed by atoms with E-state index in [1.807, 2.05) is 4.90 Å². The number of nitrogens with one attached hydrogen (secondary N) is 1. The molecule has 3 heterocycles. The molecular formula is C18H22N4OS. The van der Waals surface area contributed by atoms with Crippen molar-refractivity contribution in [2.45, 2.75) is 51.1 Å². The van der Waals surface area contributed by atoms with Crippen molar-refractivity contribution >= 4 is 33.3 Å². The number of amides is 1. The van der Waals surface area contributed by atoms with E-state index in [0.717, 1.165) is 23.6 Å². The van der Waals surface area contributed by atoms with Crippen LogP contribution in [0.15, 0.2) is 19.0 Å². The number of nitrogens with zero attached hydrogens (tertiary/aromatic N) is 3. The van der Waals surface area contributed by atoms with E-state index >= 15 is 0 Å². The van der Waals surface area contributed by atoms with Gasteiger partial charge in [0.1, 0.15) is 17.0 Å². The molecule has 2 aromatic heterocycles. The number of aromatic nitrogens is 2. The fraction of sp³-hybridized carbons (Fsp3) is 0.500. The molecule has 0 spiro atoms. The molecular weight excluding hydrogens is 320 g/mol. The SMILES string of the molecule is C=CC(=O)N1CCc2c(sc3ncnc(NC4CCCCC4)c23)C1. The van der Waals surface area contributed by atoms with Crippen LogP contribution in [0.5, 0.6) is 0 Å². The van der Waals surface area contributed by atoms with E-state index in [2.05, 4.69) is 21.9 Å². The number of hydrogen-bond donors (Lipinski definition) is 1. The van der Waals surface area contributed by atoms with Gasteiger partial charge in [-0.05, 0) is 30.9 Å². The molecule has 24 heavy (non-hydrogen) atoms. The van der Waals surface area contributed by atoms with Crippen LogP contribution in [0, 0.1) is 0 Å². The molecule has 2 aliphatic rings. The average molecular weight is 342 g/mol. The summed E-state index contributed by atoms with van der Waals surface area (Å²) in [6.07, 6.45) is 10.3. The molecule has 2 aromatic rings. The lowest BCUT2D eigenvalue weighted by Gasteiger charge is -2.26. The van der Waals surface area contributed by atoms with Gasteiger partial charge in [-0.1, -0.05) is 25.8 Å². The van der Waals surface area contributed by atoms with Gasteiger partial charge in [0.2, 0.25) is 5.91 Å². The van der Waals surface area contributed by atoms with Crippen LogP contribution in [0.3, 0.4) is 0 Å². The quantitative estimate of drug-likeness (QED) is 0.867. The molecule has 126 valence electrons. The molecule has 6 heteroatoms. The summed E-state index contributed by atoms with van der Waals surface area (Å²) in [4.78, 5) is 25.0. The lowest BCUT2D eigenvalue weighted by atomic mass is 9.95. The third kappa shape index (κ3) is 2.79. The highest BCUT2D eigenvalue weighted by Crippen LogP contribution is 2.38. The highest BCUT2D eigenvalue weighted by molar-refractivity contribution is 7.19. The molecule has 1 aliphatic carbocycles. The minimum absolute atomic E-state index is 0.00439. The third-order valence-corrected chi connectivity index (χ3v) is 6.19. The lowest BCUT2D eigenvalue weighted by Crippen LogP contribution is -2.34. The molecule has 0 unspecified atom stereocenters. The van der Waals surface area contributed by atoms with E-state index in [1.165, 1.54) is 54.0 Å². The topological polar surface area (TPSA) is 58.1 Å². The monoisotopic (exact) mass is 342 g/mol. The summed E-state index contributed by atoms with van der Waals surface area (Å²) in [5.74, 6) is 0.984. The Balaban J connectivity index is 1.66. The molecule has 1 saturated carbocycles. The van der Waals surface area contributed by atoms with E-state index in [-0.39, 0.29) is 5.91 Å². The summed E-state index contributed by atoms with van der Waals surface area (Å²) >= 11 is 1.69. The molecule has 0 saturated heterocycles. The molecule has 4 rings (SSSR count). The van der Waals surface area contributed by atoms with Crippen molar-refractivity contribution in [3.05, 3.63) is 29.4 Å². The van der Waals surface area contributed by atoms with Gasteiger partial charge in [0.15, 0.2) is 0 Å². The van der Waals surface area contributed by atoms with Gasteiger partial charge >= 0.3 is 0 Å². The zero-order chi connectivity index (χ0) is 16.5. The summed E-state index contributed by atoms with van der Waals surface area (Å²) in [5, 5.41) is 4.84. The highest BCUT2D eigenvalue weighted by atomic mass is 32.1. The van der Waals surface area contributed by atoms with Gasteiger partial charge in [-0.3, -0.25) is 4.79 Å². The van der Waals surface area contributed by atoms with Gasteiger partial charge in [0, 0.05) is 17.5 Å². The summed E-state index contributed by atoms with van der Waals surface area (Å²) in [5.41, 5.74) is 1.32. The Morgan fingerprint density at radius 2 is 2.17 bits per heavy atom. The summed E-state index contributed by atoms with van der Waals surface area (Å²) in [6.45, 7) is 4.99. The van der Waals surface area contributed by atoms with Crippen molar-refractivity contribution < 1.29 is 4.79 Å². The Morgan fingerprint density at radius 3 is 2.96 bits per heavy atom. The third-order valence-electron chi connectivity index (χ3n) is 5.07. The summed E-state index contributed by atoms with van der Waals surface area (Å²) < 4.78 is 0. The Labute approximate surface area is 145 Å². The average Bonchev–Trinajstić information content (AvgIpc) is 3.00. The normalized spacial score (nSPS) is 18.4. The van der Waals surface area contributed by atoms with E-state index in [4.69, 9.17) is 0 Å². The molecule has 0 atom stereocenters. The van der Waals surface area contributed by atoms with Crippen molar-refractivity contribution in [2.75, 3.05) is 11.9 Å². The zero-order valence-electron chi connectivity index (χ0n) is 13.8. The van der Waals surface area contributed by atoms with Crippen molar-refractivity contribution in [3.63, 3.8) is 0 Å². The predicted molar refractivity (Wildman–Crippen MR) is 97.2 cm³/mol. The van der Waals surface area contributed by atoms with Crippen LogP contribution in [0.1, 0.15) is 42.5 Å². The van der Waals surface area contributed by atoms with Gasteiger partial charge < -0.3 is 10.2 Å². The maximum absolute atomic E-state index is 11.9. The van der Waals surface area contributed by atoms with Crippen LogP contribution in [0.2, 0.25) is 0 Å². The summed E-state index contributed by atoms with van der Waals surface area (Å²) in [6, 6.07) is 0.523. The van der Waals surface area contributed by atoms with Gasteiger partial charge in [0.05, 0.1) is 11.9 Å². The van der Waals surface area contributed by atoms with Crippen molar-refractivity contribution in [2.24, 2.45) is 0 Å². The predicted octanol–water partition coefficient (Wildman–Crippen LogP) is 3.51. The van der Waals surface area contributed by atoms with E-state index in [1.54, 1.807) is 17.7 Å². The molecule has 0 aromatic carbocycles. The minimum atomic E-state index is 0.00439. The lowest BCUT2D eigenvalue weighted by molar-refractivity contribution is -0.126. The van der Waals surface area contributed by atoms with Crippen LogP contribution in [-0.2, 0) is 17.8 Å². The van der Waals surface area contributed by atoms with E-state index in [9.17, 15) is 4.79 Å². The second-order valence-electron chi connectivity index (χ2n) is 6.60. The second kappa shape index (κ2) is 6.51. The van der Waals surface area contributed by atoms with Crippen molar-refractivity contribution in [3.8, 4) is 0 Å². The van der Waals surface area contributed by atoms with Crippen molar-refractivity contribution in [1.82, 2.24) is 14.9 Å². The van der Waals surface area contributed by atoms with Gasteiger partial charge in [-0.15, -0.1) is 11.3 Å². The first-order chi connectivity index (χ1) is 11.8. The number of fused-ring (bicyclic) bond motifs is 3. The Bertz CT molecular complexity index is 779. The smallest absolute Gasteiger partial charge is 0.246 e. The molecule has 1 aliphatic heterocycles. The number of hydrogen-bond acceptors (Lipinski definition) is 5. The van der Waals surface area contributed by atoms with Crippen LogP contribution >= 0.6 is 11.3 Å². The first-order valence-electron chi connectivity index (χ1n) is 8.69. The van der Waals surface area contributed by atoms with Crippen molar-refractivity contribution in [1.29, 1.82) is 0 Å². The number of carbonyl (C=O) groups is 1. The Morgan fingerprint density at radius 1 is 1.33 bits per heavy atom. The first-order valence-corrected chi connectivity index (χ1v) is 9.51. The van der Waals surface area contributed by atoms with Gasteiger partial charge in [0.25, 0.3) is 0 Å². The fourth-order valence-corrected chi connectivity index (χ4v) is 5.00. The number of thiophene rings is 1. The fourth-order valence-electron chi connectivity index (χ4n) is 3.79. The van der Waals surface area contributed by atoms with E-state index < -0.39 is 0 Å². The molecule has 0 bridgehead atoms. The first kappa shape index (κ1) is 15.6. The van der Waals surface area contributed by atoms with Crippen LogP contribution < -0.4 is 5.32 Å². The van der Waals surface area contributed by atoms with Crippen LogP contribution in [0.25, 0.3) is 10.2 Å². The maximum atomic E-state index is 11.9. The number of carbonyl (C=O) groups excluding carboxylic acids is 1. The highest BCUT2D eigenvalue weighted by Gasteiger charge is 2.26. The second-order valence-corrected chi connectivity index (χ2v) is 7.68. The maximum Gasteiger partial charge on any atom is 0.246 e. The number of anilines is 1. The van der Waals surface area contributed by atoms with E-state index in [0.29, 0.717) is 12.6 Å². The standard InChI is InChI=1S/C18H22N4OS/c1-2-15(23)22-9-8-13-14(10-22)24-18-16(13)17(19-11-20-18)21-12-6-4-3-5-7-12/h2,11-12H,1,3-10H2,(H,19,20,21). The molecule has 5 nitrogen and oxygen atoms in total. The zero-order valence-corrected chi connectivity index (χ0v) is 14.6. The van der Waals surface area contributed by atoms with Gasteiger partial charge in [-0.2, -0.15) is 0 Å². The molecule has 1 amide bonds. The molecule has 1 fully saturated rings. The minimum Gasteiger partial charge on any atom is -0.367 e. The van der Waals surface area contributed by atoms with Crippen LogP contribution in [0.4, 0.5) is 5.82 Å². The molecule has 1 N–H and O–H groups in total. The van der Waals surface area contributed by atoms with Gasteiger partial charge in [-0.25, -0.2) is 9.97 Å². The summed E-state index contributed by atoms with van der Waals surface area (Å²) in [7, 11) is 0. The largest absolute Gasteiger partial charge is 0.367 e. The van der Waals surface area contributed by atoms with Crippen LogP contribution in [-0.4, -0.2) is 33.4 Å². The number of rotatable bonds is 3.